The van der Waals surface area contributed by atoms with E-state index in [1.807, 2.05) is 13.0 Å². The summed E-state index contributed by atoms with van der Waals surface area (Å²) >= 11 is 6.04. The number of hydrogen-bond acceptors (Lipinski definition) is 5. The fourth-order valence-corrected chi connectivity index (χ4v) is 2.20. The molecule has 7 heteroatoms. The summed E-state index contributed by atoms with van der Waals surface area (Å²) < 4.78 is 10.3. The number of rotatable bonds is 6. The number of ether oxygens (including phenoxy) is 2. The van der Waals surface area contributed by atoms with E-state index < -0.39 is 18.5 Å². The average Bonchev–Trinajstić information content (AvgIpc) is 2.56. The maximum absolute atomic E-state index is 12.1. The Labute approximate surface area is 144 Å². The van der Waals surface area contributed by atoms with Crippen molar-refractivity contribution < 1.29 is 19.1 Å². The second kappa shape index (κ2) is 8.31. The predicted molar refractivity (Wildman–Crippen MR) is 90.5 cm³/mol. The van der Waals surface area contributed by atoms with Crippen LogP contribution in [0.4, 0.5) is 5.69 Å². The summed E-state index contributed by atoms with van der Waals surface area (Å²) in [5.41, 5.74) is 1.60. The number of pyridine rings is 1. The Morgan fingerprint density at radius 2 is 2.08 bits per heavy atom. The zero-order valence-electron chi connectivity index (χ0n) is 13.3. The minimum Gasteiger partial charge on any atom is -0.477 e. The molecule has 0 aliphatic rings. The molecule has 0 atom stereocenters. The Balaban J connectivity index is 1.95. The first-order valence-corrected chi connectivity index (χ1v) is 7.70. The van der Waals surface area contributed by atoms with Crippen LogP contribution in [0.25, 0.3) is 0 Å². The first-order chi connectivity index (χ1) is 11.5. The van der Waals surface area contributed by atoms with Gasteiger partial charge in [0.25, 0.3) is 5.91 Å². The minimum absolute atomic E-state index is 0.167. The first-order valence-electron chi connectivity index (χ1n) is 7.32. The molecule has 126 valence electrons. The van der Waals surface area contributed by atoms with E-state index in [0.717, 1.165) is 5.56 Å². The molecule has 0 aliphatic carbocycles. The number of nitrogens with one attached hydrogen (secondary N) is 1. The van der Waals surface area contributed by atoms with Crippen LogP contribution in [0.5, 0.6) is 5.88 Å². The fourth-order valence-electron chi connectivity index (χ4n) is 1.91. The van der Waals surface area contributed by atoms with Crippen LogP contribution in [0, 0.1) is 6.92 Å². The van der Waals surface area contributed by atoms with Gasteiger partial charge in [-0.15, -0.1) is 0 Å². The van der Waals surface area contributed by atoms with Crippen molar-refractivity contribution in [1.82, 2.24) is 4.98 Å². The number of halogens is 1. The molecule has 1 aromatic heterocycles. The van der Waals surface area contributed by atoms with Crippen molar-refractivity contribution in [3.05, 3.63) is 52.7 Å². The summed E-state index contributed by atoms with van der Waals surface area (Å²) in [7, 11) is 0. The van der Waals surface area contributed by atoms with E-state index in [2.05, 4.69) is 10.3 Å². The molecule has 0 fully saturated rings. The van der Waals surface area contributed by atoms with Crippen molar-refractivity contribution in [2.45, 2.75) is 13.8 Å². The number of aryl methyl sites for hydroxylation is 1. The van der Waals surface area contributed by atoms with Crippen LogP contribution in [0.2, 0.25) is 5.02 Å². The topological polar surface area (TPSA) is 77.5 Å². The molecule has 1 aromatic carbocycles. The van der Waals surface area contributed by atoms with Gasteiger partial charge in [0.2, 0.25) is 5.88 Å². The lowest BCUT2D eigenvalue weighted by atomic mass is 10.2. The monoisotopic (exact) mass is 348 g/mol. The van der Waals surface area contributed by atoms with Gasteiger partial charge in [-0.2, -0.15) is 0 Å². The molecule has 0 saturated carbocycles. The molecule has 1 N–H and O–H groups in total. The highest BCUT2D eigenvalue weighted by Crippen LogP contribution is 2.22. The number of carbonyl (C=O) groups excluding carboxylic acids is 2. The number of amides is 1. The van der Waals surface area contributed by atoms with E-state index in [-0.39, 0.29) is 11.4 Å². The lowest BCUT2D eigenvalue weighted by molar-refractivity contribution is -0.119. The van der Waals surface area contributed by atoms with Gasteiger partial charge in [-0.1, -0.05) is 17.7 Å². The van der Waals surface area contributed by atoms with Crippen molar-refractivity contribution in [2.75, 3.05) is 18.5 Å². The molecule has 2 rings (SSSR count). The maximum atomic E-state index is 12.1. The fraction of sp³-hybridized carbons (Fsp3) is 0.235. The Morgan fingerprint density at radius 3 is 2.79 bits per heavy atom. The standard InChI is InChI=1S/C17H17ClN2O4/c1-3-23-16-12(5-4-8-19-16)17(22)24-10-15(21)20-14-7-6-11(2)9-13(14)18/h4-9H,3,10H2,1-2H3,(H,20,21). The molecule has 0 spiro atoms. The van der Waals surface area contributed by atoms with Gasteiger partial charge in [0, 0.05) is 6.20 Å². The van der Waals surface area contributed by atoms with Crippen molar-refractivity contribution in [1.29, 1.82) is 0 Å². The number of nitrogens with zero attached hydrogens (tertiary/aromatic N) is 1. The number of esters is 1. The quantitative estimate of drug-likeness (QED) is 0.811. The molecule has 0 bridgehead atoms. The van der Waals surface area contributed by atoms with Gasteiger partial charge in [-0.3, -0.25) is 4.79 Å². The number of aromatic nitrogens is 1. The lowest BCUT2D eigenvalue weighted by Gasteiger charge is -2.10. The number of benzene rings is 1. The third kappa shape index (κ3) is 4.70. The van der Waals surface area contributed by atoms with Gasteiger partial charge in [0.05, 0.1) is 17.3 Å². The van der Waals surface area contributed by atoms with Gasteiger partial charge < -0.3 is 14.8 Å². The van der Waals surface area contributed by atoms with Crippen molar-refractivity contribution in [2.24, 2.45) is 0 Å². The summed E-state index contributed by atoms with van der Waals surface area (Å²) in [6.45, 7) is 3.60. The van der Waals surface area contributed by atoms with Gasteiger partial charge >= 0.3 is 5.97 Å². The Bertz CT molecular complexity index is 749. The molecule has 0 unspecified atom stereocenters. The van der Waals surface area contributed by atoms with Gasteiger partial charge in [0.15, 0.2) is 6.61 Å². The Morgan fingerprint density at radius 1 is 1.29 bits per heavy atom. The number of anilines is 1. The number of carbonyl (C=O) groups is 2. The highest BCUT2D eigenvalue weighted by atomic mass is 35.5. The molecule has 0 radical (unpaired) electrons. The van der Waals surface area contributed by atoms with Crippen LogP contribution >= 0.6 is 11.6 Å². The van der Waals surface area contributed by atoms with Crippen LogP contribution in [-0.4, -0.2) is 30.1 Å². The molecule has 0 aliphatic heterocycles. The van der Waals surface area contributed by atoms with Crippen LogP contribution in [0.3, 0.4) is 0 Å². The third-order valence-electron chi connectivity index (χ3n) is 3.01. The van der Waals surface area contributed by atoms with E-state index in [1.54, 1.807) is 25.1 Å². The van der Waals surface area contributed by atoms with Crippen molar-refractivity contribution in [3.8, 4) is 5.88 Å². The largest absolute Gasteiger partial charge is 0.477 e. The SMILES string of the molecule is CCOc1ncccc1C(=O)OCC(=O)Nc1ccc(C)cc1Cl. The molecular weight excluding hydrogens is 332 g/mol. The van der Waals surface area contributed by atoms with E-state index >= 15 is 0 Å². The van der Waals surface area contributed by atoms with Crippen LogP contribution in [0.15, 0.2) is 36.5 Å². The third-order valence-corrected chi connectivity index (χ3v) is 3.32. The molecule has 0 saturated heterocycles. The van der Waals surface area contributed by atoms with Crippen LogP contribution in [-0.2, 0) is 9.53 Å². The van der Waals surface area contributed by atoms with E-state index in [9.17, 15) is 9.59 Å². The second-order valence-corrected chi connectivity index (χ2v) is 5.30. The van der Waals surface area contributed by atoms with E-state index in [0.29, 0.717) is 17.3 Å². The molecule has 1 heterocycles. The minimum atomic E-state index is -0.684. The molecular formula is C17H17ClN2O4. The molecule has 24 heavy (non-hydrogen) atoms. The van der Waals surface area contributed by atoms with Crippen LogP contribution in [0.1, 0.15) is 22.8 Å². The molecule has 1 amide bonds. The summed E-state index contributed by atoms with van der Waals surface area (Å²) in [4.78, 5) is 27.9. The smallest absolute Gasteiger partial charge is 0.344 e. The number of hydrogen-bond donors (Lipinski definition) is 1. The highest BCUT2D eigenvalue weighted by molar-refractivity contribution is 6.33. The van der Waals surface area contributed by atoms with E-state index in [4.69, 9.17) is 21.1 Å². The summed E-state index contributed by atoms with van der Waals surface area (Å²) in [6, 6.07) is 8.34. The zero-order valence-corrected chi connectivity index (χ0v) is 14.1. The summed E-state index contributed by atoms with van der Waals surface area (Å²) in [6.07, 6.45) is 1.51. The van der Waals surface area contributed by atoms with E-state index in [1.165, 1.54) is 12.3 Å². The van der Waals surface area contributed by atoms with Crippen molar-refractivity contribution in [3.63, 3.8) is 0 Å². The summed E-state index contributed by atoms with van der Waals surface area (Å²) in [5, 5.41) is 3.01. The molecule has 2 aromatic rings. The maximum Gasteiger partial charge on any atom is 0.344 e. The van der Waals surface area contributed by atoms with Gasteiger partial charge in [0.1, 0.15) is 5.56 Å². The normalized spacial score (nSPS) is 10.1. The van der Waals surface area contributed by atoms with Crippen molar-refractivity contribution >= 4 is 29.2 Å². The van der Waals surface area contributed by atoms with Gasteiger partial charge in [-0.05, 0) is 43.7 Å². The summed E-state index contributed by atoms with van der Waals surface area (Å²) in [5.74, 6) is -1.00. The Hall–Kier alpha value is -2.60. The average molecular weight is 349 g/mol. The Kier molecular flexibility index (Phi) is 6.14. The second-order valence-electron chi connectivity index (χ2n) is 4.90. The highest BCUT2D eigenvalue weighted by Gasteiger charge is 2.16. The first kappa shape index (κ1) is 17.7. The lowest BCUT2D eigenvalue weighted by Crippen LogP contribution is -2.21. The molecule has 6 nitrogen and oxygen atoms in total. The predicted octanol–water partition coefficient (Wildman–Crippen LogP) is 3.24. The zero-order chi connectivity index (χ0) is 17.5. The van der Waals surface area contributed by atoms with Gasteiger partial charge in [-0.25, -0.2) is 9.78 Å². The van der Waals surface area contributed by atoms with Crippen LogP contribution < -0.4 is 10.1 Å².